The smallest absolute Gasteiger partial charge is 0.327 e. The number of aliphatic carboxylic acids is 1. The predicted octanol–water partition coefficient (Wildman–Crippen LogP) is -0.418. The number of hydrogen-bond acceptors (Lipinski definition) is 4. The van der Waals surface area contributed by atoms with Crippen LogP contribution in [0.5, 0.6) is 0 Å². The van der Waals surface area contributed by atoms with Crippen LogP contribution < -0.4 is 5.32 Å². The van der Waals surface area contributed by atoms with E-state index < -0.39 is 12.0 Å². The first-order valence-corrected chi connectivity index (χ1v) is 5.63. The zero-order chi connectivity index (χ0) is 10.6. The molecular weight excluding hydrogens is 204 g/mol. The van der Waals surface area contributed by atoms with E-state index in [9.17, 15) is 9.59 Å². The Balaban J connectivity index is 2.49. The van der Waals surface area contributed by atoms with Crippen LogP contribution >= 0.6 is 11.8 Å². The number of hydrogen-bond donors (Lipinski definition) is 2. The van der Waals surface area contributed by atoms with Crippen molar-refractivity contribution in [3.8, 4) is 0 Å². The molecule has 1 heterocycles. The van der Waals surface area contributed by atoms with Crippen molar-refractivity contribution in [2.45, 2.75) is 13.0 Å². The van der Waals surface area contributed by atoms with Crippen molar-refractivity contribution in [2.24, 2.45) is 0 Å². The van der Waals surface area contributed by atoms with Crippen molar-refractivity contribution in [1.82, 2.24) is 10.2 Å². The van der Waals surface area contributed by atoms with E-state index in [0.29, 0.717) is 18.2 Å². The lowest BCUT2D eigenvalue weighted by molar-refractivity contribution is -0.147. The molecule has 0 aromatic carbocycles. The summed E-state index contributed by atoms with van der Waals surface area (Å²) in [7, 11) is 0. The molecule has 1 rings (SSSR count). The standard InChI is InChI=1S/C8H14N2O3S/c1-2-9-3-7(11)10-5-14-4-6(10)8(12)13/h6,9H,2-5H2,1H3,(H,12,13)/t6-/m0/s1. The number of carboxylic acids is 1. The first kappa shape index (κ1) is 11.3. The van der Waals surface area contributed by atoms with Crippen LogP contribution in [0.1, 0.15) is 6.92 Å². The highest BCUT2D eigenvalue weighted by molar-refractivity contribution is 7.99. The largest absolute Gasteiger partial charge is 0.480 e. The lowest BCUT2D eigenvalue weighted by Crippen LogP contribution is -2.45. The topological polar surface area (TPSA) is 69.6 Å². The van der Waals surface area contributed by atoms with Crippen molar-refractivity contribution in [2.75, 3.05) is 24.7 Å². The normalized spacial score (nSPS) is 21.2. The fourth-order valence-electron chi connectivity index (χ4n) is 1.23. The van der Waals surface area contributed by atoms with E-state index in [-0.39, 0.29) is 12.5 Å². The second kappa shape index (κ2) is 5.21. The highest BCUT2D eigenvalue weighted by Crippen LogP contribution is 2.20. The second-order valence-corrected chi connectivity index (χ2v) is 4.00. The minimum absolute atomic E-state index is 0.135. The molecule has 1 aliphatic rings. The molecule has 1 amide bonds. The third-order valence-electron chi connectivity index (χ3n) is 2.01. The maximum absolute atomic E-state index is 11.5. The van der Waals surface area contributed by atoms with E-state index in [4.69, 9.17) is 5.11 Å². The van der Waals surface area contributed by atoms with Crippen LogP contribution in [0.4, 0.5) is 0 Å². The lowest BCUT2D eigenvalue weighted by Gasteiger charge is -2.20. The summed E-state index contributed by atoms with van der Waals surface area (Å²) in [6.07, 6.45) is 0. The Hall–Kier alpha value is -0.750. The quantitative estimate of drug-likeness (QED) is 0.671. The van der Waals surface area contributed by atoms with E-state index in [1.165, 1.54) is 16.7 Å². The van der Waals surface area contributed by atoms with Gasteiger partial charge >= 0.3 is 5.97 Å². The van der Waals surface area contributed by atoms with Gasteiger partial charge in [0, 0.05) is 5.75 Å². The third-order valence-corrected chi connectivity index (χ3v) is 3.03. The first-order chi connectivity index (χ1) is 6.66. The number of thioether (sulfide) groups is 1. The number of carboxylic acid groups (broad SMARTS) is 1. The molecule has 80 valence electrons. The molecule has 0 saturated carbocycles. The minimum Gasteiger partial charge on any atom is -0.480 e. The number of nitrogens with one attached hydrogen (secondary N) is 1. The van der Waals surface area contributed by atoms with Gasteiger partial charge in [-0.1, -0.05) is 6.92 Å². The number of nitrogens with zero attached hydrogens (tertiary/aromatic N) is 1. The van der Waals surface area contributed by atoms with Crippen LogP contribution in [0.25, 0.3) is 0 Å². The van der Waals surface area contributed by atoms with E-state index in [1.807, 2.05) is 6.92 Å². The average Bonchev–Trinajstić information content (AvgIpc) is 2.62. The van der Waals surface area contributed by atoms with Gasteiger partial charge in [0.05, 0.1) is 12.4 Å². The summed E-state index contributed by atoms with van der Waals surface area (Å²) in [6, 6.07) is -0.647. The first-order valence-electron chi connectivity index (χ1n) is 4.47. The van der Waals surface area contributed by atoms with E-state index in [0.717, 1.165) is 0 Å². The summed E-state index contributed by atoms with van der Waals surface area (Å²) < 4.78 is 0. The molecule has 1 fully saturated rings. The van der Waals surface area contributed by atoms with Gasteiger partial charge < -0.3 is 15.3 Å². The Kier molecular flexibility index (Phi) is 4.21. The summed E-state index contributed by atoms with van der Waals surface area (Å²) in [5.74, 6) is -0.0712. The number of carbonyl (C=O) groups is 2. The maximum Gasteiger partial charge on any atom is 0.327 e. The van der Waals surface area contributed by atoms with Gasteiger partial charge in [0.25, 0.3) is 0 Å². The van der Waals surface area contributed by atoms with E-state index >= 15 is 0 Å². The summed E-state index contributed by atoms with van der Waals surface area (Å²) in [5, 5.41) is 11.7. The molecule has 2 N–H and O–H groups in total. The molecule has 0 aromatic heterocycles. The fraction of sp³-hybridized carbons (Fsp3) is 0.750. The minimum atomic E-state index is -0.917. The van der Waals surface area contributed by atoms with Crippen LogP contribution in [0.3, 0.4) is 0 Å². The maximum atomic E-state index is 11.5. The molecule has 5 nitrogen and oxygen atoms in total. The number of likely N-dealkylation sites (N-methyl/N-ethyl adjacent to an activating group) is 1. The molecule has 1 aliphatic heterocycles. The zero-order valence-electron chi connectivity index (χ0n) is 8.02. The van der Waals surface area contributed by atoms with Crippen molar-refractivity contribution in [1.29, 1.82) is 0 Å². The van der Waals surface area contributed by atoms with E-state index in [2.05, 4.69) is 5.32 Å². The summed E-state index contributed by atoms with van der Waals surface area (Å²) in [4.78, 5) is 23.7. The molecule has 0 radical (unpaired) electrons. The molecule has 0 spiro atoms. The van der Waals surface area contributed by atoms with Crippen LogP contribution in [-0.2, 0) is 9.59 Å². The van der Waals surface area contributed by atoms with Gasteiger partial charge in [-0.3, -0.25) is 4.79 Å². The number of amides is 1. The van der Waals surface area contributed by atoms with Crippen molar-refractivity contribution in [3.05, 3.63) is 0 Å². The zero-order valence-corrected chi connectivity index (χ0v) is 8.84. The highest BCUT2D eigenvalue weighted by atomic mass is 32.2. The predicted molar refractivity (Wildman–Crippen MR) is 54.1 cm³/mol. The number of carbonyl (C=O) groups excluding carboxylic acids is 1. The monoisotopic (exact) mass is 218 g/mol. The van der Waals surface area contributed by atoms with Crippen molar-refractivity contribution < 1.29 is 14.7 Å². The molecule has 6 heteroatoms. The molecule has 0 aromatic rings. The van der Waals surface area contributed by atoms with Crippen LogP contribution in [-0.4, -0.2) is 52.6 Å². The van der Waals surface area contributed by atoms with Gasteiger partial charge in [0.15, 0.2) is 0 Å². The molecule has 1 saturated heterocycles. The summed E-state index contributed by atoms with van der Waals surface area (Å²) >= 11 is 1.48. The van der Waals surface area contributed by atoms with Gasteiger partial charge in [-0.15, -0.1) is 11.8 Å². The molecular formula is C8H14N2O3S. The SMILES string of the molecule is CCNCC(=O)N1CSC[C@H]1C(=O)O. The van der Waals surface area contributed by atoms with E-state index in [1.54, 1.807) is 0 Å². The lowest BCUT2D eigenvalue weighted by atomic mass is 10.3. The molecule has 1 atom stereocenters. The Morgan fingerprint density at radius 2 is 2.36 bits per heavy atom. The Morgan fingerprint density at radius 1 is 1.64 bits per heavy atom. The summed E-state index contributed by atoms with van der Waals surface area (Å²) in [6.45, 7) is 2.84. The van der Waals surface area contributed by atoms with Gasteiger partial charge in [-0.25, -0.2) is 4.79 Å². The van der Waals surface area contributed by atoms with Crippen LogP contribution in [0.15, 0.2) is 0 Å². The third kappa shape index (κ3) is 2.62. The van der Waals surface area contributed by atoms with Gasteiger partial charge in [0.1, 0.15) is 6.04 Å². The highest BCUT2D eigenvalue weighted by Gasteiger charge is 2.33. The molecule has 0 unspecified atom stereocenters. The summed E-state index contributed by atoms with van der Waals surface area (Å²) in [5.41, 5.74) is 0. The molecule has 0 bridgehead atoms. The molecule has 0 aliphatic carbocycles. The Labute approximate surface area is 86.8 Å². The van der Waals surface area contributed by atoms with Gasteiger partial charge in [-0.05, 0) is 6.54 Å². The number of rotatable bonds is 4. The van der Waals surface area contributed by atoms with Crippen molar-refractivity contribution in [3.63, 3.8) is 0 Å². The fourth-order valence-corrected chi connectivity index (χ4v) is 2.40. The van der Waals surface area contributed by atoms with Crippen LogP contribution in [0, 0.1) is 0 Å². The second-order valence-electron chi connectivity index (χ2n) is 3.00. The van der Waals surface area contributed by atoms with Gasteiger partial charge in [-0.2, -0.15) is 0 Å². The average molecular weight is 218 g/mol. The van der Waals surface area contributed by atoms with Crippen LogP contribution in [0.2, 0.25) is 0 Å². The Bertz CT molecular complexity index is 235. The Morgan fingerprint density at radius 3 is 2.93 bits per heavy atom. The molecule has 14 heavy (non-hydrogen) atoms. The van der Waals surface area contributed by atoms with Gasteiger partial charge in [0.2, 0.25) is 5.91 Å². The van der Waals surface area contributed by atoms with Crippen molar-refractivity contribution >= 4 is 23.6 Å².